The molecule has 46 heavy (non-hydrogen) atoms. The summed E-state index contributed by atoms with van der Waals surface area (Å²) in [5.74, 6) is -4.82. The first kappa shape index (κ1) is 33.1. The van der Waals surface area contributed by atoms with Crippen molar-refractivity contribution >= 4 is 29.8 Å². The van der Waals surface area contributed by atoms with Crippen molar-refractivity contribution < 1.29 is 61.9 Å². The van der Waals surface area contributed by atoms with Crippen LogP contribution in [0.15, 0.2) is 53.1 Å². The van der Waals surface area contributed by atoms with Crippen LogP contribution in [-0.4, -0.2) is 82.8 Å². The van der Waals surface area contributed by atoms with Crippen LogP contribution < -0.4 is 0 Å². The molecule has 13 heteroatoms. The van der Waals surface area contributed by atoms with Gasteiger partial charge >= 0.3 is 29.8 Å². The zero-order valence-electron chi connectivity index (χ0n) is 26.5. The number of esters is 5. The molecule has 2 aliphatic carbocycles. The Morgan fingerprint density at radius 2 is 1.50 bits per heavy atom. The molecule has 1 aromatic heterocycles. The van der Waals surface area contributed by atoms with Gasteiger partial charge in [0.1, 0.15) is 30.3 Å². The van der Waals surface area contributed by atoms with Crippen molar-refractivity contribution in [2.75, 3.05) is 6.61 Å². The third-order valence-corrected chi connectivity index (χ3v) is 9.40. The molecule has 1 N–H and O–H groups in total. The van der Waals surface area contributed by atoms with Crippen LogP contribution in [0.2, 0.25) is 0 Å². The van der Waals surface area contributed by atoms with Crippen LogP contribution in [0.1, 0.15) is 75.3 Å². The van der Waals surface area contributed by atoms with Gasteiger partial charge in [-0.15, -0.1) is 0 Å². The lowest BCUT2D eigenvalue weighted by Crippen LogP contribution is -2.83. The smallest absolute Gasteiger partial charge is 0.374 e. The van der Waals surface area contributed by atoms with Crippen molar-refractivity contribution in [1.82, 2.24) is 0 Å². The Hall–Kier alpha value is -4.23. The van der Waals surface area contributed by atoms with Gasteiger partial charge in [0.2, 0.25) is 5.76 Å². The molecule has 0 radical (unpaired) electrons. The number of hydrogen-bond acceptors (Lipinski definition) is 13. The summed E-state index contributed by atoms with van der Waals surface area (Å²) >= 11 is 0. The number of furan rings is 1. The van der Waals surface area contributed by atoms with Crippen molar-refractivity contribution in [2.45, 2.75) is 95.6 Å². The van der Waals surface area contributed by atoms with Gasteiger partial charge in [-0.1, -0.05) is 18.2 Å². The summed E-state index contributed by atoms with van der Waals surface area (Å²) in [6, 6.07) is 11.1. The fourth-order valence-corrected chi connectivity index (χ4v) is 7.78. The Labute approximate surface area is 265 Å². The van der Waals surface area contributed by atoms with Gasteiger partial charge in [0.05, 0.1) is 23.0 Å². The van der Waals surface area contributed by atoms with Gasteiger partial charge in [0, 0.05) is 33.1 Å². The van der Waals surface area contributed by atoms with Crippen LogP contribution in [0, 0.1) is 11.3 Å². The molecule has 1 aliphatic heterocycles. The van der Waals surface area contributed by atoms with Crippen LogP contribution in [0.5, 0.6) is 0 Å². The minimum atomic E-state index is -2.07. The summed E-state index contributed by atoms with van der Waals surface area (Å²) in [5, 5.41) is 12.6. The Morgan fingerprint density at radius 1 is 0.826 bits per heavy atom. The number of aliphatic hydroxyl groups is 1. The van der Waals surface area contributed by atoms with Crippen molar-refractivity contribution in [2.24, 2.45) is 11.3 Å². The number of carbonyl (C=O) groups excluding carboxylic acids is 5. The van der Waals surface area contributed by atoms with Gasteiger partial charge in [0.25, 0.3) is 0 Å². The van der Waals surface area contributed by atoms with Crippen molar-refractivity contribution in [3.63, 3.8) is 0 Å². The normalized spacial score (nSPS) is 34.0. The minimum Gasteiger partial charge on any atom is -0.465 e. The van der Waals surface area contributed by atoms with E-state index < -0.39 is 89.0 Å². The predicted molar refractivity (Wildman–Crippen MR) is 155 cm³/mol. The first-order valence-corrected chi connectivity index (χ1v) is 15.0. The van der Waals surface area contributed by atoms with Gasteiger partial charge < -0.3 is 37.9 Å². The summed E-state index contributed by atoms with van der Waals surface area (Å²) < 4.78 is 41.7. The average molecular weight is 643 g/mol. The molecular weight excluding hydrogens is 604 g/mol. The summed E-state index contributed by atoms with van der Waals surface area (Å²) in [6.45, 7) is 7.65. The number of rotatable bonds is 8. The van der Waals surface area contributed by atoms with E-state index in [4.69, 9.17) is 32.8 Å². The summed E-state index contributed by atoms with van der Waals surface area (Å²) in [4.78, 5) is 64.8. The number of carbonyl (C=O) groups is 5. The highest BCUT2D eigenvalue weighted by molar-refractivity contribution is 5.89. The maximum absolute atomic E-state index is 13.7. The van der Waals surface area contributed by atoms with Crippen LogP contribution >= 0.6 is 0 Å². The highest BCUT2D eigenvalue weighted by Crippen LogP contribution is 2.69. The Kier molecular flexibility index (Phi) is 8.54. The molecule has 1 aromatic carbocycles. The lowest BCUT2D eigenvalue weighted by molar-refractivity contribution is -0.354. The van der Waals surface area contributed by atoms with E-state index in [2.05, 4.69) is 0 Å². The quantitative estimate of drug-likeness (QED) is 0.329. The first-order chi connectivity index (χ1) is 21.6. The third-order valence-electron chi connectivity index (χ3n) is 9.40. The molecule has 248 valence electrons. The predicted octanol–water partition coefficient (Wildman–Crippen LogP) is 3.17. The average Bonchev–Trinajstić information content (AvgIpc) is 3.56. The van der Waals surface area contributed by atoms with E-state index in [1.54, 1.807) is 44.2 Å². The lowest BCUT2D eigenvalue weighted by Gasteiger charge is -2.65. The van der Waals surface area contributed by atoms with Gasteiger partial charge in [0.15, 0.2) is 11.7 Å². The highest BCUT2D eigenvalue weighted by Gasteiger charge is 2.86. The fraction of sp³-hybridized carbons (Fsp3) is 0.545. The standard InChI is InChI=1S/C33H38O13/c1-18(34)41-17-32-25(44-29(38)23-13-10-14-40-23)15-22-26(45-28(37)21-11-8-7-9-12-21)33(32,46-30(22,4)5)31(6,39)16-24(42-19(2)35)27(32)43-20(3)36/h7-14,22,24-27,39H,15-17H2,1-6H3/t22-,24-,25+,26-,27+,31+,32-,33+/m1/s1. The topological polar surface area (TPSA) is 174 Å². The van der Waals surface area contributed by atoms with Gasteiger partial charge in [-0.25, -0.2) is 9.59 Å². The number of hydrogen-bond donors (Lipinski definition) is 1. The van der Waals surface area contributed by atoms with Crippen molar-refractivity contribution in [1.29, 1.82) is 0 Å². The molecule has 1 saturated heterocycles. The van der Waals surface area contributed by atoms with Gasteiger partial charge in [-0.2, -0.15) is 0 Å². The third kappa shape index (κ3) is 5.34. The van der Waals surface area contributed by atoms with E-state index in [1.807, 2.05) is 0 Å². The second-order valence-corrected chi connectivity index (χ2v) is 12.8. The van der Waals surface area contributed by atoms with E-state index in [-0.39, 0.29) is 24.2 Å². The van der Waals surface area contributed by atoms with Crippen LogP contribution in [-0.2, 0) is 42.8 Å². The molecule has 0 amide bonds. The molecule has 3 aliphatic rings. The van der Waals surface area contributed by atoms with Crippen molar-refractivity contribution in [3.05, 3.63) is 60.1 Å². The fourth-order valence-electron chi connectivity index (χ4n) is 7.78. The molecule has 2 saturated carbocycles. The van der Waals surface area contributed by atoms with Crippen molar-refractivity contribution in [3.8, 4) is 0 Å². The van der Waals surface area contributed by atoms with Gasteiger partial charge in [-0.3, -0.25) is 14.4 Å². The number of benzene rings is 1. The van der Waals surface area contributed by atoms with E-state index in [1.165, 1.54) is 25.3 Å². The van der Waals surface area contributed by atoms with E-state index in [0.29, 0.717) is 0 Å². The van der Waals surface area contributed by atoms with E-state index >= 15 is 0 Å². The maximum Gasteiger partial charge on any atom is 0.374 e. The minimum absolute atomic E-state index is 0.0736. The molecule has 5 rings (SSSR count). The molecule has 1 spiro atoms. The van der Waals surface area contributed by atoms with E-state index in [0.717, 1.165) is 20.8 Å². The second kappa shape index (κ2) is 11.8. The number of fused-ring (bicyclic) bond motifs is 1. The van der Waals surface area contributed by atoms with Gasteiger partial charge in [-0.05, 0) is 51.5 Å². The maximum atomic E-state index is 13.7. The Morgan fingerprint density at radius 3 is 2.09 bits per heavy atom. The molecule has 2 bridgehead atoms. The summed E-state index contributed by atoms with van der Waals surface area (Å²) in [5.41, 5.74) is -7.07. The zero-order chi connectivity index (χ0) is 33.7. The monoisotopic (exact) mass is 642 g/mol. The summed E-state index contributed by atoms with van der Waals surface area (Å²) in [6.07, 6.45) is -4.62. The zero-order valence-corrected chi connectivity index (χ0v) is 26.5. The molecule has 2 aromatic rings. The Bertz CT molecular complexity index is 1500. The Balaban J connectivity index is 1.79. The molecule has 13 nitrogen and oxygen atoms in total. The lowest BCUT2D eigenvalue weighted by atomic mass is 9.46. The second-order valence-electron chi connectivity index (χ2n) is 12.8. The molecule has 2 heterocycles. The largest absolute Gasteiger partial charge is 0.465 e. The molecule has 0 unspecified atom stereocenters. The molecule has 3 fully saturated rings. The van der Waals surface area contributed by atoms with Crippen LogP contribution in [0.3, 0.4) is 0 Å². The SMILES string of the molecule is CC(=O)OC[C@]12[C@@H](OC(=O)c3ccco3)C[C@@H]3[C@@H](OC(=O)c4ccccc4)[C@]1(OC3(C)C)[C@@](C)(O)C[C@@H](OC(C)=O)[C@@H]2OC(C)=O. The van der Waals surface area contributed by atoms with E-state index in [9.17, 15) is 29.1 Å². The summed E-state index contributed by atoms with van der Waals surface area (Å²) in [7, 11) is 0. The molecule has 8 atom stereocenters. The molecular formula is C33H38O13. The first-order valence-electron chi connectivity index (χ1n) is 15.0. The highest BCUT2D eigenvalue weighted by atomic mass is 16.6. The number of ether oxygens (including phenoxy) is 6. The van der Waals surface area contributed by atoms with Crippen LogP contribution in [0.4, 0.5) is 0 Å². The van der Waals surface area contributed by atoms with Crippen LogP contribution in [0.25, 0.3) is 0 Å².